The van der Waals surface area contributed by atoms with Gasteiger partial charge in [-0.3, -0.25) is 0 Å². The topological polar surface area (TPSA) is 66.0 Å². The molecule has 35 heavy (non-hydrogen) atoms. The number of hydrogen-bond acceptors (Lipinski definition) is 6. The third-order valence-corrected chi connectivity index (χ3v) is 6.06. The SMILES string of the molecule is FC(F)(F)c1cc(-c2cccc3cnc(Nc4ccccc4)nc23)cnc1NCCN1CCCC1. The second kappa shape index (κ2) is 9.87. The molecule has 2 N–H and O–H groups in total. The minimum absolute atomic E-state index is 0.151. The Hall–Kier alpha value is -3.72. The lowest BCUT2D eigenvalue weighted by Crippen LogP contribution is -2.26. The summed E-state index contributed by atoms with van der Waals surface area (Å²) in [4.78, 5) is 15.4. The number of fused-ring (bicyclic) bond motifs is 1. The highest BCUT2D eigenvalue weighted by Crippen LogP contribution is 2.37. The molecule has 5 rings (SSSR count). The van der Waals surface area contributed by atoms with E-state index in [9.17, 15) is 13.2 Å². The fourth-order valence-electron chi connectivity index (χ4n) is 4.31. The van der Waals surface area contributed by atoms with Gasteiger partial charge in [0.15, 0.2) is 0 Å². The molecule has 9 heteroatoms. The molecule has 4 aromatic rings. The van der Waals surface area contributed by atoms with Crippen molar-refractivity contribution in [3.05, 3.63) is 72.6 Å². The molecule has 2 aromatic carbocycles. The van der Waals surface area contributed by atoms with E-state index in [0.29, 0.717) is 35.7 Å². The number of halogens is 3. The Morgan fingerprint density at radius 2 is 1.71 bits per heavy atom. The van der Waals surface area contributed by atoms with Crippen molar-refractivity contribution >= 4 is 28.4 Å². The van der Waals surface area contributed by atoms with Crippen molar-refractivity contribution in [3.63, 3.8) is 0 Å². The van der Waals surface area contributed by atoms with Crippen molar-refractivity contribution in [1.82, 2.24) is 19.9 Å². The third-order valence-electron chi connectivity index (χ3n) is 6.06. The average molecular weight is 479 g/mol. The number of aromatic nitrogens is 3. The smallest absolute Gasteiger partial charge is 0.368 e. The molecular weight excluding hydrogens is 453 g/mol. The number of nitrogens with zero attached hydrogens (tertiary/aromatic N) is 4. The summed E-state index contributed by atoms with van der Waals surface area (Å²) in [5.41, 5.74) is 1.48. The van der Waals surface area contributed by atoms with Crippen molar-refractivity contribution < 1.29 is 13.2 Å². The fourth-order valence-corrected chi connectivity index (χ4v) is 4.31. The number of para-hydroxylation sites is 2. The van der Waals surface area contributed by atoms with Crippen molar-refractivity contribution in [2.45, 2.75) is 19.0 Å². The van der Waals surface area contributed by atoms with Gasteiger partial charge in [0, 0.05) is 47.7 Å². The Morgan fingerprint density at radius 3 is 2.49 bits per heavy atom. The van der Waals surface area contributed by atoms with Crippen LogP contribution < -0.4 is 10.6 Å². The molecule has 0 spiro atoms. The second-order valence-electron chi connectivity index (χ2n) is 8.52. The number of likely N-dealkylation sites (tertiary alicyclic amines) is 1. The normalized spacial score (nSPS) is 14.4. The zero-order valence-corrected chi connectivity index (χ0v) is 19.0. The molecule has 0 amide bonds. The minimum atomic E-state index is -4.54. The maximum absolute atomic E-state index is 14.0. The van der Waals surface area contributed by atoms with Crippen LogP contribution >= 0.6 is 0 Å². The maximum Gasteiger partial charge on any atom is 0.419 e. The van der Waals surface area contributed by atoms with Crippen LogP contribution in [-0.4, -0.2) is 46.0 Å². The predicted molar refractivity (Wildman–Crippen MR) is 132 cm³/mol. The van der Waals surface area contributed by atoms with Gasteiger partial charge < -0.3 is 15.5 Å². The van der Waals surface area contributed by atoms with Gasteiger partial charge in [-0.15, -0.1) is 0 Å². The van der Waals surface area contributed by atoms with Crippen molar-refractivity contribution in [1.29, 1.82) is 0 Å². The fraction of sp³-hybridized carbons (Fsp3) is 0.269. The monoisotopic (exact) mass is 478 g/mol. The summed E-state index contributed by atoms with van der Waals surface area (Å²) in [6, 6.07) is 16.0. The lowest BCUT2D eigenvalue weighted by atomic mass is 10.0. The Morgan fingerprint density at radius 1 is 0.914 bits per heavy atom. The molecular formula is C26H25F3N6. The van der Waals surface area contributed by atoms with Gasteiger partial charge in [0.05, 0.1) is 11.1 Å². The molecule has 1 saturated heterocycles. The largest absolute Gasteiger partial charge is 0.419 e. The van der Waals surface area contributed by atoms with Gasteiger partial charge in [-0.2, -0.15) is 13.2 Å². The van der Waals surface area contributed by atoms with E-state index in [1.54, 1.807) is 18.3 Å². The summed E-state index contributed by atoms with van der Waals surface area (Å²) in [5.74, 6) is 0.210. The Labute approximate surface area is 201 Å². The number of benzene rings is 2. The van der Waals surface area contributed by atoms with Gasteiger partial charge in [-0.05, 0) is 44.1 Å². The zero-order chi connectivity index (χ0) is 24.3. The number of nitrogens with one attached hydrogen (secondary N) is 2. The van der Waals surface area contributed by atoms with Gasteiger partial charge in [-0.1, -0.05) is 36.4 Å². The van der Waals surface area contributed by atoms with Crippen LogP contribution in [0.1, 0.15) is 18.4 Å². The first-order valence-electron chi connectivity index (χ1n) is 11.6. The van der Waals surface area contributed by atoms with Crippen LogP contribution in [0.15, 0.2) is 67.0 Å². The van der Waals surface area contributed by atoms with Gasteiger partial charge in [-0.25, -0.2) is 15.0 Å². The van der Waals surface area contributed by atoms with Crippen LogP contribution in [0.25, 0.3) is 22.0 Å². The lowest BCUT2D eigenvalue weighted by molar-refractivity contribution is -0.137. The number of hydrogen-bond donors (Lipinski definition) is 2. The van der Waals surface area contributed by atoms with Crippen molar-refractivity contribution in [2.24, 2.45) is 0 Å². The van der Waals surface area contributed by atoms with E-state index >= 15 is 0 Å². The molecule has 180 valence electrons. The Bertz CT molecular complexity index is 1300. The maximum atomic E-state index is 14.0. The quantitative estimate of drug-likeness (QED) is 0.342. The van der Waals surface area contributed by atoms with Crippen molar-refractivity contribution in [2.75, 3.05) is 36.8 Å². The summed E-state index contributed by atoms with van der Waals surface area (Å²) in [5, 5.41) is 6.75. The van der Waals surface area contributed by atoms with E-state index < -0.39 is 11.7 Å². The highest BCUT2D eigenvalue weighted by molar-refractivity contribution is 5.94. The molecule has 1 aliphatic rings. The summed E-state index contributed by atoms with van der Waals surface area (Å²) in [6.07, 6.45) is 0.854. The second-order valence-corrected chi connectivity index (χ2v) is 8.52. The highest BCUT2D eigenvalue weighted by atomic mass is 19.4. The zero-order valence-electron chi connectivity index (χ0n) is 19.0. The van der Waals surface area contributed by atoms with E-state index in [1.807, 2.05) is 36.4 Å². The summed E-state index contributed by atoms with van der Waals surface area (Å²) in [6.45, 7) is 3.08. The van der Waals surface area contributed by atoms with E-state index in [-0.39, 0.29) is 5.82 Å². The first-order valence-corrected chi connectivity index (χ1v) is 11.6. The standard InChI is InChI=1S/C26H25F3N6/c27-26(28,29)22-15-19(17-31-24(22)30-11-14-35-12-4-5-13-35)21-10-6-7-18-16-32-25(34-23(18)21)33-20-8-2-1-3-9-20/h1-3,6-10,15-17H,4-5,11-14H2,(H,30,31)(H,32,33,34). The molecule has 6 nitrogen and oxygen atoms in total. The molecule has 0 unspecified atom stereocenters. The Kier molecular flexibility index (Phi) is 6.50. The number of alkyl halides is 3. The van der Waals surface area contributed by atoms with E-state index in [1.165, 1.54) is 6.20 Å². The first-order chi connectivity index (χ1) is 17.0. The van der Waals surface area contributed by atoms with Gasteiger partial charge in [0.25, 0.3) is 0 Å². The van der Waals surface area contributed by atoms with Crippen LogP contribution in [0.4, 0.5) is 30.6 Å². The van der Waals surface area contributed by atoms with Crippen LogP contribution in [0.3, 0.4) is 0 Å². The number of pyridine rings is 1. The minimum Gasteiger partial charge on any atom is -0.368 e. The predicted octanol–water partition coefficient (Wildman–Crippen LogP) is 5.96. The summed E-state index contributed by atoms with van der Waals surface area (Å²) < 4.78 is 41.9. The van der Waals surface area contributed by atoms with E-state index in [4.69, 9.17) is 0 Å². The number of rotatable bonds is 7. The molecule has 0 saturated carbocycles. The first kappa shape index (κ1) is 23.0. The summed E-state index contributed by atoms with van der Waals surface area (Å²) >= 11 is 0. The number of anilines is 3. The van der Waals surface area contributed by atoms with Gasteiger partial charge >= 0.3 is 6.18 Å². The van der Waals surface area contributed by atoms with Gasteiger partial charge in [0.1, 0.15) is 5.82 Å². The average Bonchev–Trinajstić information content (AvgIpc) is 3.37. The van der Waals surface area contributed by atoms with Crippen LogP contribution in [0.2, 0.25) is 0 Å². The molecule has 3 heterocycles. The molecule has 0 atom stereocenters. The summed E-state index contributed by atoms with van der Waals surface area (Å²) in [7, 11) is 0. The van der Waals surface area contributed by atoms with Crippen LogP contribution in [0.5, 0.6) is 0 Å². The highest BCUT2D eigenvalue weighted by Gasteiger charge is 2.35. The molecule has 2 aromatic heterocycles. The van der Waals surface area contributed by atoms with Crippen LogP contribution in [0, 0.1) is 0 Å². The van der Waals surface area contributed by atoms with E-state index in [2.05, 4.69) is 30.5 Å². The van der Waals surface area contributed by atoms with Crippen molar-refractivity contribution in [3.8, 4) is 11.1 Å². The molecule has 1 aliphatic heterocycles. The third kappa shape index (κ3) is 5.35. The Balaban J connectivity index is 1.46. The van der Waals surface area contributed by atoms with E-state index in [0.717, 1.165) is 43.1 Å². The van der Waals surface area contributed by atoms with Crippen LogP contribution in [-0.2, 0) is 6.18 Å². The lowest BCUT2D eigenvalue weighted by Gasteiger charge is -2.18. The molecule has 0 aliphatic carbocycles. The molecule has 1 fully saturated rings. The molecule has 0 bridgehead atoms. The molecule has 0 radical (unpaired) electrons. The van der Waals surface area contributed by atoms with Gasteiger partial charge in [0.2, 0.25) is 5.95 Å².